The van der Waals surface area contributed by atoms with Crippen LogP contribution in [0.15, 0.2) is 24.3 Å². The van der Waals surface area contributed by atoms with E-state index in [-0.39, 0.29) is 0 Å². The molecule has 0 aliphatic carbocycles. The Morgan fingerprint density at radius 1 is 1.14 bits per heavy atom. The highest BCUT2D eigenvalue weighted by atomic mass is 16.6. The van der Waals surface area contributed by atoms with Crippen LogP contribution in [0.1, 0.15) is 40.5 Å². The van der Waals surface area contributed by atoms with E-state index < -0.39 is 17.5 Å². The molecule has 0 aliphatic rings. The van der Waals surface area contributed by atoms with Crippen molar-refractivity contribution in [2.45, 2.75) is 46.1 Å². The second kappa shape index (κ2) is 8.26. The highest BCUT2D eigenvalue weighted by molar-refractivity contribution is 6.32. The molecule has 6 heteroatoms. The van der Waals surface area contributed by atoms with E-state index in [9.17, 15) is 9.59 Å². The molecule has 0 radical (unpaired) electrons. The first kappa shape index (κ1) is 17.8. The molecule has 1 aromatic carbocycles. The summed E-state index contributed by atoms with van der Waals surface area (Å²) in [6, 6.07) is 7.07. The number of nitrogens with one attached hydrogen (secondary N) is 2. The lowest BCUT2D eigenvalue weighted by Gasteiger charge is -2.19. The maximum atomic E-state index is 11.6. The summed E-state index contributed by atoms with van der Waals surface area (Å²) in [5.41, 5.74) is 4.87. The number of anilines is 1. The minimum Gasteiger partial charge on any atom is -0.494 e. The Hall–Kier alpha value is -2.24. The van der Waals surface area contributed by atoms with Gasteiger partial charge in [-0.05, 0) is 51.5 Å². The molecule has 0 saturated carbocycles. The SMILES string of the molecule is CCCCOc1ccc(NNC(=O)C(=O)OC(C)(C)C)cc1. The van der Waals surface area contributed by atoms with Gasteiger partial charge in [-0.1, -0.05) is 13.3 Å². The van der Waals surface area contributed by atoms with Crippen molar-refractivity contribution >= 4 is 17.6 Å². The van der Waals surface area contributed by atoms with Gasteiger partial charge in [0.2, 0.25) is 0 Å². The predicted molar refractivity (Wildman–Crippen MR) is 84.5 cm³/mol. The summed E-state index contributed by atoms with van der Waals surface area (Å²) >= 11 is 0. The Morgan fingerprint density at radius 2 is 1.77 bits per heavy atom. The van der Waals surface area contributed by atoms with Crippen LogP contribution in [0.4, 0.5) is 5.69 Å². The van der Waals surface area contributed by atoms with Crippen LogP contribution >= 0.6 is 0 Å². The zero-order valence-corrected chi connectivity index (χ0v) is 13.6. The molecule has 0 aromatic heterocycles. The molecule has 1 rings (SSSR count). The number of carbonyl (C=O) groups is 2. The number of hydrogen-bond acceptors (Lipinski definition) is 5. The van der Waals surface area contributed by atoms with Gasteiger partial charge in [0.1, 0.15) is 11.4 Å². The Morgan fingerprint density at radius 3 is 2.32 bits per heavy atom. The number of rotatable bonds is 6. The van der Waals surface area contributed by atoms with Gasteiger partial charge in [-0.3, -0.25) is 15.6 Å². The first-order valence-electron chi connectivity index (χ1n) is 7.34. The zero-order chi connectivity index (χ0) is 16.6. The average Bonchev–Trinajstić information content (AvgIpc) is 2.44. The molecule has 0 spiro atoms. The lowest BCUT2D eigenvalue weighted by atomic mass is 10.2. The summed E-state index contributed by atoms with van der Waals surface area (Å²) < 4.78 is 10.5. The number of esters is 1. The molecule has 2 N–H and O–H groups in total. The van der Waals surface area contributed by atoms with Crippen molar-refractivity contribution in [3.05, 3.63) is 24.3 Å². The summed E-state index contributed by atoms with van der Waals surface area (Å²) in [5, 5.41) is 0. The van der Waals surface area contributed by atoms with Crippen molar-refractivity contribution in [2.24, 2.45) is 0 Å². The molecule has 0 fully saturated rings. The number of benzene rings is 1. The third kappa shape index (κ3) is 6.97. The van der Waals surface area contributed by atoms with Gasteiger partial charge in [0.15, 0.2) is 0 Å². The van der Waals surface area contributed by atoms with E-state index in [0.717, 1.165) is 18.6 Å². The van der Waals surface area contributed by atoms with Crippen molar-refractivity contribution in [3.8, 4) is 5.75 Å². The van der Waals surface area contributed by atoms with Crippen LogP contribution in [0.2, 0.25) is 0 Å². The smallest absolute Gasteiger partial charge is 0.399 e. The van der Waals surface area contributed by atoms with Crippen LogP contribution in [-0.4, -0.2) is 24.1 Å². The monoisotopic (exact) mass is 308 g/mol. The molecular weight excluding hydrogens is 284 g/mol. The Balaban J connectivity index is 2.41. The molecule has 0 unspecified atom stereocenters. The second-order valence-corrected chi connectivity index (χ2v) is 5.81. The van der Waals surface area contributed by atoms with E-state index in [1.54, 1.807) is 45.0 Å². The number of amides is 1. The molecule has 22 heavy (non-hydrogen) atoms. The van der Waals surface area contributed by atoms with Gasteiger partial charge in [0.05, 0.1) is 12.3 Å². The van der Waals surface area contributed by atoms with Gasteiger partial charge in [0.25, 0.3) is 0 Å². The van der Waals surface area contributed by atoms with E-state index in [2.05, 4.69) is 17.8 Å². The van der Waals surface area contributed by atoms with E-state index in [4.69, 9.17) is 9.47 Å². The maximum Gasteiger partial charge on any atom is 0.399 e. The van der Waals surface area contributed by atoms with E-state index in [0.29, 0.717) is 12.3 Å². The zero-order valence-electron chi connectivity index (χ0n) is 13.6. The topological polar surface area (TPSA) is 76.7 Å². The fourth-order valence-corrected chi connectivity index (χ4v) is 1.47. The molecule has 0 bridgehead atoms. The largest absolute Gasteiger partial charge is 0.494 e. The Labute approximate surface area is 131 Å². The van der Waals surface area contributed by atoms with Crippen molar-refractivity contribution < 1.29 is 19.1 Å². The van der Waals surface area contributed by atoms with Crippen molar-refractivity contribution in [3.63, 3.8) is 0 Å². The van der Waals surface area contributed by atoms with Gasteiger partial charge >= 0.3 is 11.9 Å². The molecule has 1 amide bonds. The normalized spacial score (nSPS) is 10.7. The maximum absolute atomic E-state index is 11.6. The average molecular weight is 308 g/mol. The number of hydrogen-bond donors (Lipinski definition) is 2. The number of carbonyl (C=O) groups excluding carboxylic acids is 2. The standard InChI is InChI=1S/C16H24N2O4/c1-5-6-11-21-13-9-7-12(8-10-13)17-18-14(19)15(20)22-16(2,3)4/h7-10,17H,5-6,11H2,1-4H3,(H,18,19). The van der Waals surface area contributed by atoms with Gasteiger partial charge in [-0.25, -0.2) is 4.79 Å². The minimum atomic E-state index is -0.931. The Bertz CT molecular complexity index is 492. The first-order chi connectivity index (χ1) is 10.3. The fraction of sp³-hybridized carbons (Fsp3) is 0.500. The van der Waals surface area contributed by atoms with Gasteiger partial charge in [0, 0.05) is 0 Å². The van der Waals surface area contributed by atoms with Gasteiger partial charge in [-0.15, -0.1) is 0 Å². The van der Waals surface area contributed by atoms with Crippen LogP contribution in [0.25, 0.3) is 0 Å². The number of ether oxygens (including phenoxy) is 2. The molecule has 0 aliphatic heterocycles. The lowest BCUT2D eigenvalue weighted by molar-refractivity contribution is -0.163. The van der Waals surface area contributed by atoms with E-state index in [1.807, 2.05) is 0 Å². The second-order valence-electron chi connectivity index (χ2n) is 5.81. The van der Waals surface area contributed by atoms with Crippen molar-refractivity contribution in [1.82, 2.24) is 5.43 Å². The lowest BCUT2D eigenvalue weighted by Crippen LogP contribution is -2.39. The van der Waals surface area contributed by atoms with E-state index >= 15 is 0 Å². The summed E-state index contributed by atoms with van der Waals surface area (Å²) in [6.07, 6.45) is 2.09. The molecule has 122 valence electrons. The van der Waals surface area contributed by atoms with Crippen molar-refractivity contribution in [1.29, 1.82) is 0 Å². The summed E-state index contributed by atoms with van der Waals surface area (Å²) in [4.78, 5) is 23.0. The summed E-state index contributed by atoms with van der Waals surface area (Å²) in [7, 11) is 0. The van der Waals surface area contributed by atoms with Crippen molar-refractivity contribution in [2.75, 3.05) is 12.0 Å². The number of unbranched alkanes of at least 4 members (excludes halogenated alkanes) is 1. The predicted octanol–water partition coefficient (Wildman–Crippen LogP) is 2.65. The van der Waals surface area contributed by atoms with Gasteiger partial charge < -0.3 is 9.47 Å². The highest BCUT2D eigenvalue weighted by Gasteiger charge is 2.22. The quantitative estimate of drug-likeness (QED) is 0.366. The highest BCUT2D eigenvalue weighted by Crippen LogP contribution is 2.15. The van der Waals surface area contributed by atoms with Crippen LogP contribution in [0.5, 0.6) is 5.75 Å². The van der Waals surface area contributed by atoms with E-state index in [1.165, 1.54) is 0 Å². The minimum absolute atomic E-state index is 0.639. The van der Waals surface area contributed by atoms with Gasteiger partial charge in [-0.2, -0.15) is 0 Å². The molecule has 0 heterocycles. The molecule has 0 atom stereocenters. The third-order valence-electron chi connectivity index (χ3n) is 2.53. The number of hydrazine groups is 1. The van der Waals surface area contributed by atoms with Crippen LogP contribution in [0.3, 0.4) is 0 Å². The fourth-order valence-electron chi connectivity index (χ4n) is 1.47. The van der Waals surface area contributed by atoms with Crippen LogP contribution in [-0.2, 0) is 14.3 Å². The van der Waals surface area contributed by atoms with Crippen LogP contribution < -0.4 is 15.6 Å². The Kier molecular flexibility index (Phi) is 6.69. The first-order valence-corrected chi connectivity index (χ1v) is 7.34. The third-order valence-corrected chi connectivity index (χ3v) is 2.53. The molecule has 0 saturated heterocycles. The molecule has 1 aromatic rings. The molecular formula is C16H24N2O4. The molecule has 6 nitrogen and oxygen atoms in total. The summed E-state index contributed by atoms with van der Waals surface area (Å²) in [5.74, 6) is -1.02. The summed E-state index contributed by atoms with van der Waals surface area (Å²) in [6.45, 7) is 7.87. The van der Waals surface area contributed by atoms with Crippen LogP contribution in [0, 0.1) is 0 Å².